The van der Waals surface area contributed by atoms with E-state index in [1.165, 1.54) is 0 Å². The highest BCUT2D eigenvalue weighted by Crippen LogP contribution is 1.88. The van der Waals surface area contributed by atoms with Gasteiger partial charge in [-0.15, -0.1) is 5.48 Å². The number of Topliss-reactive ketones (excluding diaryl/α,β-unsaturated/α-hetero) is 1. The van der Waals surface area contributed by atoms with Crippen LogP contribution in [0.3, 0.4) is 0 Å². The van der Waals surface area contributed by atoms with Crippen LogP contribution in [0.5, 0.6) is 0 Å². The molecular weight excluding hydrogens is 166 g/mol. The van der Waals surface area contributed by atoms with Crippen molar-refractivity contribution in [2.45, 2.75) is 12.8 Å². The Kier molecular flexibility index (Phi) is 5.94. The molecule has 0 rings (SSSR count). The van der Waals surface area contributed by atoms with Crippen LogP contribution >= 0.6 is 0 Å². The molecule has 0 saturated carbocycles. The third kappa shape index (κ3) is 6.97. The lowest BCUT2D eigenvalue weighted by atomic mass is 10.2. The number of hydrogen-bond donors (Lipinski definition) is 3. The van der Waals surface area contributed by atoms with E-state index in [2.05, 4.69) is 10.3 Å². The van der Waals surface area contributed by atoms with Gasteiger partial charge in [-0.05, 0) is 6.42 Å². The smallest absolute Gasteiger partial charge is 0.448 e. The van der Waals surface area contributed by atoms with Gasteiger partial charge >= 0.3 is 6.16 Å². The maximum atomic E-state index is 10.5. The summed E-state index contributed by atoms with van der Waals surface area (Å²) in [6.07, 6.45) is -0.762. The second kappa shape index (κ2) is 6.56. The number of hydrogen-bond acceptors (Lipinski definition) is 5. The fourth-order valence-electron chi connectivity index (χ4n) is 0.550. The number of carbonyl (C=O) groups is 2. The van der Waals surface area contributed by atoms with Gasteiger partial charge in [0.1, 0.15) is 6.61 Å². The number of aliphatic hydroxyl groups excluding tert-OH is 1. The molecule has 12 heavy (non-hydrogen) atoms. The van der Waals surface area contributed by atoms with Gasteiger partial charge in [0.2, 0.25) is 0 Å². The van der Waals surface area contributed by atoms with E-state index in [-0.39, 0.29) is 18.7 Å². The zero-order valence-corrected chi connectivity index (χ0v) is 6.45. The molecule has 0 heterocycles. The van der Waals surface area contributed by atoms with Crippen molar-refractivity contribution in [2.24, 2.45) is 0 Å². The standard InChI is InChI=1S/C6H11NO5/c8-4-5(9)2-1-3-7-12-6(10)11/h7-8H,1-4H2,(H,10,11). The molecule has 0 aliphatic rings. The van der Waals surface area contributed by atoms with Gasteiger partial charge in [-0.2, -0.15) is 0 Å². The van der Waals surface area contributed by atoms with E-state index < -0.39 is 12.8 Å². The molecule has 70 valence electrons. The van der Waals surface area contributed by atoms with E-state index in [1.54, 1.807) is 0 Å². The van der Waals surface area contributed by atoms with E-state index in [0.29, 0.717) is 6.42 Å². The van der Waals surface area contributed by atoms with Crippen molar-refractivity contribution in [1.82, 2.24) is 5.48 Å². The molecule has 0 atom stereocenters. The Morgan fingerprint density at radius 2 is 2.08 bits per heavy atom. The van der Waals surface area contributed by atoms with E-state index in [9.17, 15) is 9.59 Å². The number of nitrogens with one attached hydrogen (secondary N) is 1. The summed E-state index contributed by atoms with van der Waals surface area (Å²) >= 11 is 0. The third-order valence-corrected chi connectivity index (χ3v) is 1.07. The first-order chi connectivity index (χ1) is 5.66. The van der Waals surface area contributed by atoms with Crippen molar-refractivity contribution in [3.63, 3.8) is 0 Å². The van der Waals surface area contributed by atoms with Crippen LogP contribution < -0.4 is 5.48 Å². The lowest BCUT2D eigenvalue weighted by molar-refractivity contribution is -0.121. The van der Waals surface area contributed by atoms with Crippen LogP contribution in [0.1, 0.15) is 12.8 Å². The Labute approximate surface area is 69.1 Å². The predicted molar refractivity (Wildman–Crippen MR) is 38.4 cm³/mol. The monoisotopic (exact) mass is 177 g/mol. The third-order valence-electron chi connectivity index (χ3n) is 1.07. The zero-order valence-electron chi connectivity index (χ0n) is 6.45. The maximum Gasteiger partial charge on any atom is 0.525 e. The topological polar surface area (TPSA) is 95.9 Å². The molecule has 0 saturated heterocycles. The minimum absolute atomic E-state index is 0.215. The molecule has 6 nitrogen and oxygen atoms in total. The Morgan fingerprint density at radius 3 is 2.58 bits per heavy atom. The summed E-state index contributed by atoms with van der Waals surface area (Å²) in [4.78, 5) is 24.2. The quantitative estimate of drug-likeness (QED) is 0.375. The van der Waals surface area contributed by atoms with Crippen LogP contribution in [0.2, 0.25) is 0 Å². The SMILES string of the molecule is O=C(CO)CCCNOC(=O)O. The van der Waals surface area contributed by atoms with Gasteiger partial charge in [0, 0.05) is 13.0 Å². The lowest BCUT2D eigenvalue weighted by Crippen LogP contribution is -2.20. The number of carbonyl (C=O) groups excluding carboxylic acids is 1. The minimum Gasteiger partial charge on any atom is -0.448 e. The molecule has 6 heteroatoms. The largest absolute Gasteiger partial charge is 0.525 e. The summed E-state index contributed by atoms with van der Waals surface area (Å²) in [6.45, 7) is -0.210. The number of hydroxylamine groups is 1. The van der Waals surface area contributed by atoms with Crippen molar-refractivity contribution < 1.29 is 24.6 Å². The summed E-state index contributed by atoms with van der Waals surface area (Å²) in [5.41, 5.74) is 2.13. The van der Waals surface area contributed by atoms with Gasteiger partial charge in [-0.1, -0.05) is 0 Å². The first kappa shape index (κ1) is 10.9. The molecular formula is C6H11NO5. The maximum absolute atomic E-state index is 10.5. The number of carboxylic acid groups (broad SMARTS) is 1. The fourth-order valence-corrected chi connectivity index (χ4v) is 0.550. The summed E-state index contributed by atoms with van der Waals surface area (Å²) < 4.78 is 0. The molecule has 0 aromatic rings. The molecule has 0 amide bonds. The van der Waals surface area contributed by atoms with Crippen molar-refractivity contribution in [2.75, 3.05) is 13.2 Å². The normalized spacial score (nSPS) is 9.42. The van der Waals surface area contributed by atoms with Gasteiger partial charge in [0.15, 0.2) is 5.78 Å². The second-order valence-corrected chi connectivity index (χ2v) is 2.06. The van der Waals surface area contributed by atoms with Gasteiger partial charge in [0.05, 0.1) is 0 Å². The zero-order chi connectivity index (χ0) is 9.40. The second-order valence-electron chi connectivity index (χ2n) is 2.06. The van der Waals surface area contributed by atoms with Crippen LogP contribution in [-0.2, 0) is 9.63 Å². The number of ketones is 1. The Bertz CT molecular complexity index is 158. The van der Waals surface area contributed by atoms with Crippen LogP contribution in [0.15, 0.2) is 0 Å². The van der Waals surface area contributed by atoms with E-state index in [4.69, 9.17) is 10.2 Å². The molecule has 0 aromatic heterocycles. The molecule has 0 aliphatic carbocycles. The fraction of sp³-hybridized carbons (Fsp3) is 0.667. The van der Waals surface area contributed by atoms with Gasteiger partial charge in [-0.25, -0.2) is 4.79 Å². The van der Waals surface area contributed by atoms with E-state index >= 15 is 0 Å². The molecule has 0 spiro atoms. The number of aliphatic hydroxyl groups is 1. The van der Waals surface area contributed by atoms with Crippen LogP contribution in [0.25, 0.3) is 0 Å². The highest BCUT2D eigenvalue weighted by atomic mass is 16.8. The molecule has 0 aromatic carbocycles. The van der Waals surface area contributed by atoms with E-state index in [0.717, 1.165) is 0 Å². The average Bonchev–Trinajstić information content (AvgIpc) is 2.03. The first-order valence-corrected chi connectivity index (χ1v) is 3.42. The molecule has 0 bridgehead atoms. The molecule has 0 radical (unpaired) electrons. The minimum atomic E-state index is -1.41. The van der Waals surface area contributed by atoms with Gasteiger partial charge in [0.25, 0.3) is 0 Å². The molecule has 0 fully saturated rings. The van der Waals surface area contributed by atoms with Crippen LogP contribution in [-0.4, -0.2) is 35.3 Å². The van der Waals surface area contributed by atoms with Crippen LogP contribution in [0.4, 0.5) is 4.79 Å². The molecule has 0 aliphatic heterocycles. The Hall–Kier alpha value is -1.14. The molecule has 0 unspecified atom stereocenters. The highest BCUT2D eigenvalue weighted by molar-refractivity contribution is 5.79. The number of rotatable bonds is 6. The summed E-state index contributed by atoms with van der Waals surface area (Å²) in [5.74, 6) is -0.271. The highest BCUT2D eigenvalue weighted by Gasteiger charge is 1.99. The molecule has 3 N–H and O–H groups in total. The summed E-state index contributed by atoms with van der Waals surface area (Å²) in [7, 11) is 0. The van der Waals surface area contributed by atoms with Crippen molar-refractivity contribution in [3.05, 3.63) is 0 Å². The van der Waals surface area contributed by atoms with Crippen LogP contribution in [0, 0.1) is 0 Å². The Morgan fingerprint density at radius 1 is 1.42 bits per heavy atom. The van der Waals surface area contributed by atoms with Crippen molar-refractivity contribution in [3.8, 4) is 0 Å². The summed E-state index contributed by atoms with van der Waals surface area (Å²) in [5, 5.41) is 16.3. The van der Waals surface area contributed by atoms with E-state index in [1.807, 2.05) is 0 Å². The van der Waals surface area contributed by atoms with Gasteiger partial charge in [-0.3, -0.25) is 4.79 Å². The van der Waals surface area contributed by atoms with Crippen molar-refractivity contribution >= 4 is 11.9 Å². The Balaban J connectivity index is 3.11. The summed E-state index contributed by atoms with van der Waals surface area (Å²) in [6, 6.07) is 0. The first-order valence-electron chi connectivity index (χ1n) is 3.42. The average molecular weight is 177 g/mol. The predicted octanol–water partition coefficient (Wildman–Crippen LogP) is -0.473. The van der Waals surface area contributed by atoms with Crippen molar-refractivity contribution in [1.29, 1.82) is 0 Å². The van der Waals surface area contributed by atoms with Gasteiger partial charge < -0.3 is 15.1 Å². The lowest BCUT2D eigenvalue weighted by Gasteiger charge is -2.00.